The Hall–Kier alpha value is 0.01000. The molecule has 1 aliphatic heterocycles. The lowest BCUT2D eigenvalue weighted by molar-refractivity contribution is -0.0841. The van der Waals surface area contributed by atoms with E-state index in [9.17, 15) is 0 Å². The topological polar surface area (TPSA) is 12.5 Å². The summed E-state index contributed by atoms with van der Waals surface area (Å²) in [5.41, 5.74) is 0. The highest BCUT2D eigenvalue weighted by Gasteiger charge is 2.33. The predicted octanol–water partition coefficient (Wildman–Crippen LogP) is 2.12. The third-order valence-electron chi connectivity index (χ3n) is 3.46. The number of fused-ring (bicyclic) bond motifs is 1. The van der Waals surface area contributed by atoms with E-state index >= 15 is 0 Å². The molecule has 2 unspecified atom stereocenters. The molecule has 0 aromatic carbocycles. The van der Waals surface area contributed by atoms with Crippen molar-refractivity contribution in [3.63, 3.8) is 0 Å². The summed E-state index contributed by atoms with van der Waals surface area (Å²) in [4.78, 5) is 2.58. The Balaban J connectivity index is 1.88. The Morgan fingerprint density at radius 3 is 3.00 bits per heavy atom. The third kappa shape index (κ3) is 2.99. The number of morpholine rings is 1. The van der Waals surface area contributed by atoms with Crippen molar-refractivity contribution in [2.75, 3.05) is 25.4 Å². The Morgan fingerprint density at radius 2 is 2.13 bits per heavy atom. The molecule has 1 heterocycles. The van der Waals surface area contributed by atoms with E-state index in [1.165, 1.54) is 25.7 Å². The van der Waals surface area contributed by atoms with Crippen molar-refractivity contribution in [1.29, 1.82) is 0 Å². The van der Waals surface area contributed by atoms with Crippen LogP contribution in [-0.2, 0) is 4.74 Å². The highest BCUT2D eigenvalue weighted by molar-refractivity contribution is 7.80. The van der Waals surface area contributed by atoms with Crippen LogP contribution in [0.3, 0.4) is 0 Å². The molecule has 0 aromatic rings. The van der Waals surface area contributed by atoms with E-state index in [0.29, 0.717) is 12.1 Å². The molecule has 2 fully saturated rings. The van der Waals surface area contributed by atoms with Gasteiger partial charge >= 0.3 is 0 Å². The molecule has 2 aliphatic rings. The standard InChI is InChI=1S/C12H21NOS/c15-10-4-3-7-13-8-9-14-12-6-2-1-5-11(12)13/h3-4,11-12,15H,1-2,5-10H2. The summed E-state index contributed by atoms with van der Waals surface area (Å²) in [6.07, 6.45) is 10.2. The maximum Gasteiger partial charge on any atom is 0.0731 e. The van der Waals surface area contributed by atoms with Crippen LogP contribution in [0.4, 0.5) is 0 Å². The fourth-order valence-electron chi connectivity index (χ4n) is 2.69. The SMILES string of the molecule is SCC=CCN1CCOC2CCCCC21. The first kappa shape index (κ1) is 11.5. The second-order valence-corrected chi connectivity index (χ2v) is 4.78. The van der Waals surface area contributed by atoms with Gasteiger partial charge in [0.25, 0.3) is 0 Å². The van der Waals surface area contributed by atoms with E-state index in [1.807, 2.05) is 0 Å². The molecule has 2 atom stereocenters. The van der Waals surface area contributed by atoms with Crippen LogP contribution < -0.4 is 0 Å². The Morgan fingerprint density at radius 1 is 1.27 bits per heavy atom. The van der Waals surface area contributed by atoms with Gasteiger partial charge in [0.15, 0.2) is 0 Å². The number of nitrogens with zero attached hydrogens (tertiary/aromatic N) is 1. The molecule has 0 aromatic heterocycles. The van der Waals surface area contributed by atoms with E-state index in [2.05, 4.69) is 29.7 Å². The van der Waals surface area contributed by atoms with Gasteiger partial charge in [-0.15, -0.1) is 0 Å². The van der Waals surface area contributed by atoms with Crippen molar-refractivity contribution in [3.8, 4) is 0 Å². The van der Waals surface area contributed by atoms with Gasteiger partial charge in [0.2, 0.25) is 0 Å². The second kappa shape index (κ2) is 5.92. The van der Waals surface area contributed by atoms with E-state index in [1.54, 1.807) is 0 Å². The van der Waals surface area contributed by atoms with Crippen LogP contribution in [0.5, 0.6) is 0 Å². The summed E-state index contributed by atoms with van der Waals surface area (Å²) < 4.78 is 5.84. The molecule has 2 rings (SSSR count). The molecule has 0 radical (unpaired) electrons. The quantitative estimate of drug-likeness (QED) is 0.586. The number of hydrogen-bond donors (Lipinski definition) is 1. The molecule has 3 heteroatoms. The molecule has 0 spiro atoms. The van der Waals surface area contributed by atoms with E-state index < -0.39 is 0 Å². The van der Waals surface area contributed by atoms with E-state index in [-0.39, 0.29) is 0 Å². The zero-order valence-electron chi connectivity index (χ0n) is 9.27. The van der Waals surface area contributed by atoms with Gasteiger partial charge in [0, 0.05) is 24.9 Å². The fraction of sp³-hybridized carbons (Fsp3) is 0.833. The summed E-state index contributed by atoms with van der Waals surface area (Å²) in [5, 5.41) is 0. The van der Waals surface area contributed by atoms with Crippen molar-refractivity contribution in [2.24, 2.45) is 0 Å². The van der Waals surface area contributed by atoms with Crippen LogP contribution >= 0.6 is 12.6 Å². The first-order chi connectivity index (χ1) is 7.42. The normalized spacial score (nSPS) is 33.1. The summed E-state index contributed by atoms with van der Waals surface area (Å²) >= 11 is 4.18. The van der Waals surface area contributed by atoms with Crippen LogP contribution in [0.15, 0.2) is 12.2 Å². The van der Waals surface area contributed by atoms with Gasteiger partial charge in [-0.3, -0.25) is 4.90 Å². The second-order valence-electron chi connectivity index (χ2n) is 4.41. The molecular weight excluding hydrogens is 206 g/mol. The van der Waals surface area contributed by atoms with Gasteiger partial charge in [-0.2, -0.15) is 12.6 Å². The monoisotopic (exact) mass is 227 g/mol. The van der Waals surface area contributed by atoms with Gasteiger partial charge in [-0.1, -0.05) is 25.0 Å². The first-order valence-corrected chi connectivity index (χ1v) is 6.66. The Bertz CT molecular complexity index is 218. The lowest BCUT2D eigenvalue weighted by Gasteiger charge is -2.43. The van der Waals surface area contributed by atoms with Crippen LogP contribution in [0.1, 0.15) is 25.7 Å². The average molecular weight is 227 g/mol. The van der Waals surface area contributed by atoms with Crippen molar-refractivity contribution >= 4 is 12.6 Å². The first-order valence-electron chi connectivity index (χ1n) is 6.03. The van der Waals surface area contributed by atoms with Crippen LogP contribution in [0.25, 0.3) is 0 Å². The largest absolute Gasteiger partial charge is 0.375 e. The lowest BCUT2D eigenvalue weighted by atomic mass is 9.90. The Kier molecular flexibility index (Phi) is 4.54. The van der Waals surface area contributed by atoms with Gasteiger partial charge in [-0.25, -0.2) is 0 Å². The van der Waals surface area contributed by atoms with Gasteiger partial charge in [0.1, 0.15) is 0 Å². The number of thiol groups is 1. The smallest absolute Gasteiger partial charge is 0.0731 e. The lowest BCUT2D eigenvalue weighted by Crippen LogP contribution is -2.52. The fourth-order valence-corrected chi connectivity index (χ4v) is 2.84. The van der Waals surface area contributed by atoms with Crippen LogP contribution in [0.2, 0.25) is 0 Å². The highest BCUT2D eigenvalue weighted by atomic mass is 32.1. The van der Waals surface area contributed by atoms with Crippen molar-refractivity contribution in [1.82, 2.24) is 4.90 Å². The molecular formula is C12H21NOS. The molecule has 1 saturated carbocycles. The van der Waals surface area contributed by atoms with E-state index in [4.69, 9.17) is 4.74 Å². The maximum absolute atomic E-state index is 5.84. The number of rotatable bonds is 3. The molecule has 0 amide bonds. The minimum Gasteiger partial charge on any atom is -0.375 e. The maximum atomic E-state index is 5.84. The molecule has 15 heavy (non-hydrogen) atoms. The summed E-state index contributed by atoms with van der Waals surface area (Å²) in [6.45, 7) is 3.08. The van der Waals surface area contributed by atoms with Crippen LogP contribution in [-0.4, -0.2) is 42.5 Å². The van der Waals surface area contributed by atoms with Crippen molar-refractivity contribution < 1.29 is 4.74 Å². The molecule has 0 bridgehead atoms. The van der Waals surface area contributed by atoms with Crippen molar-refractivity contribution in [3.05, 3.63) is 12.2 Å². The summed E-state index contributed by atoms with van der Waals surface area (Å²) in [6, 6.07) is 0.678. The van der Waals surface area contributed by atoms with Gasteiger partial charge in [-0.05, 0) is 12.8 Å². The van der Waals surface area contributed by atoms with Gasteiger partial charge < -0.3 is 4.74 Å². The number of hydrogen-bond acceptors (Lipinski definition) is 3. The number of ether oxygens (including phenoxy) is 1. The predicted molar refractivity (Wildman–Crippen MR) is 66.6 cm³/mol. The minimum atomic E-state index is 0.511. The zero-order valence-corrected chi connectivity index (χ0v) is 10.2. The van der Waals surface area contributed by atoms with Crippen LogP contribution in [0, 0.1) is 0 Å². The molecule has 86 valence electrons. The molecule has 0 N–H and O–H groups in total. The Labute approximate surface area is 98.1 Å². The molecule has 1 aliphatic carbocycles. The highest BCUT2D eigenvalue weighted by Crippen LogP contribution is 2.28. The summed E-state index contributed by atoms with van der Waals surface area (Å²) in [5.74, 6) is 0.846. The minimum absolute atomic E-state index is 0.511. The van der Waals surface area contributed by atoms with E-state index in [0.717, 1.165) is 25.4 Å². The molecule has 1 saturated heterocycles. The average Bonchev–Trinajstić information content (AvgIpc) is 2.30. The van der Waals surface area contributed by atoms with Gasteiger partial charge in [0.05, 0.1) is 12.7 Å². The molecule has 2 nitrogen and oxygen atoms in total. The third-order valence-corrected chi connectivity index (χ3v) is 3.67. The summed E-state index contributed by atoms with van der Waals surface area (Å²) in [7, 11) is 0. The van der Waals surface area contributed by atoms with Crippen molar-refractivity contribution in [2.45, 2.75) is 37.8 Å². The zero-order chi connectivity index (χ0) is 10.5.